The molecule has 4 atom stereocenters. The van der Waals surface area contributed by atoms with Gasteiger partial charge < -0.3 is 18.9 Å². The minimum Gasteiger partial charge on any atom is -0.463 e. The van der Waals surface area contributed by atoms with E-state index >= 15 is 0 Å². The molecule has 0 saturated carbocycles. The Balaban J connectivity index is 2.36. The lowest BCUT2D eigenvalue weighted by Crippen LogP contribution is -2.40. The predicted octanol–water partition coefficient (Wildman–Crippen LogP) is 4.83. The molecule has 0 amide bonds. The number of unbranched alkanes of at least 4 members (excludes halogenated alkanes) is 9. The van der Waals surface area contributed by atoms with Crippen LogP contribution in [0.3, 0.4) is 0 Å². The molecule has 0 bridgehead atoms. The first-order valence-electron chi connectivity index (χ1n) is 14.3. The first-order chi connectivity index (χ1) is 18.8. The van der Waals surface area contributed by atoms with Crippen LogP contribution in [0.4, 0.5) is 0 Å². The molecule has 0 aliphatic carbocycles. The maximum absolute atomic E-state index is 12.0. The number of hydrogen-bond acceptors (Lipinski definition) is 9. The fraction of sp³-hybridized carbons (Fsp3) is 0.759. The van der Waals surface area contributed by atoms with Crippen LogP contribution < -0.4 is 0 Å². The SMILES string of the molecule is CCCCCCCC#Cc1c(CCCCCCC)nnn1[C@@H]1O[C@H](COC(C)=O)[C@@H](OC(C)=O)[C@H]1OC(C)=O. The second-order valence-electron chi connectivity index (χ2n) is 9.98. The van der Waals surface area contributed by atoms with E-state index in [0.29, 0.717) is 12.1 Å². The number of hydrogen-bond donors (Lipinski definition) is 0. The van der Waals surface area contributed by atoms with Crippen LogP contribution >= 0.6 is 0 Å². The Bertz CT molecular complexity index is 981. The normalized spacial score (nSPS) is 20.2. The summed E-state index contributed by atoms with van der Waals surface area (Å²) in [5, 5.41) is 8.77. The molecule has 1 aliphatic rings. The molecule has 0 aromatic carbocycles. The highest BCUT2D eigenvalue weighted by Crippen LogP contribution is 2.35. The molecule has 10 heteroatoms. The summed E-state index contributed by atoms with van der Waals surface area (Å²) >= 11 is 0. The molecular weight excluding hydrogens is 502 g/mol. The Kier molecular flexibility index (Phi) is 14.6. The van der Waals surface area contributed by atoms with Gasteiger partial charge in [0.15, 0.2) is 18.4 Å². The third kappa shape index (κ3) is 11.0. The number of esters is 3. The van der Waals surface area contributed by atoms with Crippen molar-refractivity contribution in [2.75, 3.05) is 6.61 Å². The van der Waals surface area contributed by atoms with Crippen LogP contribution in [-0.2, 0) is 39.8 Å². The topological polar surface area (TPSA) is 119 Å². The lowest BCUT2D eigenvalue weighted by molar-refractivity contribution is -0.166. The predicted molar refractivity (Wildman–Crippen MR) is 144 cm³/mol. The molecule has 2 heterocycles. The molecule has 39 heavy (non-hydrogen) atoms. The van der Waals surface area contributed by atoms with E-state index in [1.807, 2.05) is 0 Å². The fourth-order valence-electron chi connectivity index (χ4n) is 4.55. The zero-order valence-electron chi connectivity index (χ0n) is 24.2. The van der Waals surface area contributed by atoms with E-state index < -0.39 is 42.4 Å². The fourth-order valence-corrected chi connectivity index (χ4v) is 4.55. The summed E-state index contributed by atoms with van der Waals surface area (Å²) in [5.74, 6) is 4.85. The average molecular weight is 548 g/mol. The molecule has 1 saturated heterocycles. The molecule has 10 nitrogen and oxygen atoms in total. The van der Waals surface area contributed by atoms with Gasteiger partial charge in [0.05, 0.1) is 5.69 Å². The minimum atomic E-state index is -1.03. The van der Waals surface area contributed by atoms with Crippen molar-refractivity contribution < 1.29 is 33.3 Å². The van der Waals surface area contributed by atoms with Crippen molar-refractivity contribution in [3.8, 4) is 11.8 Å². The average Bonchev–Trinajstić information content (AvgIpc) is 3.42. The van der Waals surface area contributed by atoms with Gasteiger partial charge in [-0.05, 0) is 25.2 Å². The standard InChI is InChI=1S/C29H45N3O7/c1-6-8-10-12-13-15-17-19-25-24(18-16-14-11-9-7-2)30-31-32(25)29-28(38-23(5)35)27(37-22(4)34)26(39-29)20-36-21(3)33/h26-29H,6-16,18,20H2,1-5H3/t26-,27-,28-,29-/m1/s1. The highest BCUT2D eigenvalue weighted by atomic mass is 16.7. The van der Waals surface area contributed by atoms with Gasteiger partial charge >= 0.3 is 17.9 Å². The molecule has 1 aromatic heterocycles. The molecule has 218 valence electrons. The van der Waals surface area contributed by atoms with Crippen molar-refractivity contribution in [1.29, 1.82) is 0 Å². The van der Waals surface area contributed by atoms with E-state index in [-0.39, 0.29) is 6.61 Å². The summed E-state index contributed by atoms with van der Waals surface area (Å²) in [5.41, 5.74) is 1.35. The van der Waals surface area contributed by atoms with Gasteiger partial charge in [0.25, 0.3) is 0 Å². The van der Waals surface area contributed by atoms with Crippen molar-refractivity contribution in [1.82, 2.24) is 15.0 Å². The van der Waals surface area contributed by atoms with Crippen molar-refractivity contribution in [3.05, 3.63) is 11.4 Å². The van der Waals surface area contributed by atoms with E-state index in [1.165, 1.54) is 57.6 Å². The van der Waals surface area contributed by atoms with Gasteiger partial charge in [0.2, 0.25) is 0 Å². The highest BCUT2D eigenvalue weighted by Gasteiger charge is 2.51. The number of carbonyl (C=O) groups excluding carboxylic acids is 3. The summed E-state index contributed by atoms with van der Waals surface area (Å²) in [6.07, 6.45) is 8.90. The van der Waals surface area contributed by atoms with Gasteiger partial charge in [-0.3, -0.25) is 14.4 Å². The Labute approximate surface area is 232 Å². The number of rotatable bonds is 16. The van der Waals surface area contributed by atoms with Crippen LogP contribution in [-0.4, -0.2) is 57.8 Å². The van der Waals surface area contributed by atoms with Crippen molar-refractivity contribution in [2.24, 2.45) is 0 Å². The number of ether oxygens (including phenoxy) is 4. The lowest BCUT2D eigenvalue weighted by atomic mass is 10.1. The Morgan fingerprint density at radius 3 is 2.08 bits per heavy atom. The monoisotopic (exact) mass is 547 g/mol. The van der Waals surface area contributed by atoms with Crippen LogP contribution in [0.15, 0.2) is 0 Å². The van der Waals surface area contributed by atoms with Crippen molar-refractivity contribution >= 4 is 17.9 Å². The van der Waals surface area contributed by atoms with Crippen LogP contribution in [0.1, 0.15) is 123 Å². The molecule has 1 aromatic rings. The Morgan fingerprint density at radius 2 is 1.46 bits per heavy atom. The van der Waals surface area contributed by atoms with E-state index in [2.05, 4.69) is 36.0 Å². The number of aromatic nitrogens is 3. The number of carbonyl (C=O) groups is 3. The third-order valence-corrected chi connectivity index (χ3v) is 6.47. The van der Waals surface area contributed by atoms with E-state index in [0.717, 1.165) is 44.2 Å². The lowest BCUT2D eigenvalue weighted by Gasteiger charge is -2.23. The molecule has 2 rings (SSSR count). The zero-order chi connectivity index (χ0) is 28.6. The van der Waals surface area contributed by atoms with Crippen LogP contribution in [0.25, 0.3) is 0 Å². The molecule has 0 unspecified atom stereocenters. The van der Waals surface area contributed by atoms with E-state index in [9.17, 15) is 14.4 Å². The molecule has 1 fully saturated rings. The summed E-state index contributed by atoms with van der Waals surface area (Å²) in [6.45, 7) is 7.99. The summed E-state index contributed by atoms with van der Waals surface area (Å²) < 4.78 is 23.9. The second-order valence-corrected chi connectivity index (χ2v) is 9.98. The van der Waals surface area contributed by atoms with Crippen LogP contribution in [0, 0.1) is 11.8 Å². The van der Waals surface area contributed by atoms with E-state index in [4.69, 9.17) is 18.9 Å². The first kappa shape index (κ1) is 32.3. The smallest absolute Gasteiger partial charge is 0.303 e. The molecule has 0 N–H and O–H groups in total. The van der Waals surface area contributed by atoms with Crippen LogP contribution in [0.5, 0.6) is 0 Å². The van der Waals surface area contributed by atoms with Gasteiger partial charge in [-0.2, -0.15) is 0 Å². The Hall–Kier alpha value is -2.93. The third-order valence-electron chi connectivity index (χ3n) is 6.47. The van der Waals surface area contributed by atoms with E-state index in [1.54, 1.807) is 0 Å². The maximum Gasteiger partial charge on any atom is 0.303 e. The summed E-state index contributed by atoms with van der Waals surface area (Å²) in [4.78, 5) is 35.4. The maximum atomic E-state index is 12.0. The van der Waals surface area contributed by atoms with Gasteiger partial charge in [-0.15, -0.1) is 5.10 Å². The Morgan fingerprint density at radius 1 is 0.846 bits per heavy atom. The second kappa shape index (κ2) is 17.6. The van der Waals surface area contributed by atoms with Gasteiger partial charge in [0, 0.05) is 27.2 Å². The molecule has 0 radical (unpaired) electrons. The molecule has 1 aliphatic heterocycles. The summed E-state index contributed by atoms with van der Waals surface area (Å²) in [6, 6.07) is 0. The van der Waals surface area contributed by atoms with Crippen molar-refractivity contribution in [2.45, 2.75) is 136 Å². The van der Waals surface area contributed by atoms with Crippen LogP contribution in [0.2, 0.25) is 0 Å². The minimum absolute atomic E-state index is 0.181. The van der Waals surface area contributed by atoms with Gasteiger partial charge in [0.1, 0.15) is 18.4 Å². The molecular formula is C29H45N3O7. The van der Waals surface area contributed by atoms with Crippen molar-refractivity contribution in [3.63, 3.8) is 0 Å². The number of aryl methyl sites for hydroxylation is 1. The highest BCUT2D eigenvalue weighted by molar-refractivity contribution is 5.68. The largest absolute Gasteiger partial charge is 0.463 e. The van der Waals surface area contributed by atoms with Gasteiger partial charge in [-0.1, -0.05) is 76.3 Å². The summed E-state index contributed by atoms with van der Waals surface area (Å²) in [7, 11) is 0. The quantitative estimate of drug-likeness (QED) is 0.124. The first-order valence-corrected chi connectivity index (χ1v) is 14.3. The zero-order valence-corrected chi connectivity index (χ0v) is 24.2. The number of nitrogens with zero attached hydrogens (tertiary/aromatic N) is 3. The van der Waals surface area contributed by atoms with Gasteiger partial charge in [-0.25, -0.2) is 4.68 Å². The molecule has 0 spiro atoms.